The van der Waals surface area contributed by atoms with Crippen LogP contribution in [0, 0.1) is 0 Å². The normalized spacial score (nSPS) is 16.5. The van der Waals surface area contributed by atoms with E-state index in [2.05, 4.69) is 185 Å². The molecule has 0 bridgehead atoms. The van der Waals surface area contributed by atoms with Crippen LogP contribution in [0.3, 0.4) is 0 Å². The summed E-state index contributed by atoms with van der Waals surface area (Å²) in [5, 5.41) is 10.1. The van der Waals surface area contributed by atoms with E-state index in [1.165, 1.54) is 98.7 Å². The summed E-state index contributed by atoms with van der Waals surface area (Å²) in [7, 11) is 17.7. The summed E-state index contributed by atoms with van der Waals surface area (Å²) in [4.78, 5) is 0. The van der Waals surface area contributed by atoms with E-state index in [4.69, 9.17) is 17.0 Å². The molecule has 0 amide bonds. The number of allylic oxidation sites excluding steroid dienone is 2. The number of fused-ring (bicyclic) bond motifs is 6. The summed E-state index contributed by atoms with van der Waals surface area (Å²) in [6, 6.07) is 54.5. The molecule has 58 heavy (non-hydrogen) atoms. The van der Waals surface area contributed by atoms with E-state index < -0.39 is 20.4 Å². The molecule has 2 aliphatic carbocycles. The first-order valence-electron chi connectivity index (χ1n) is 21.1. The summed E-state index contributed by atoms with van der Waals surface area (Å²) in [5.74, 6) is 0. The van der Waals surface area contributed by atoms with Crippen LogP contribution in [0.4, 0.5) is 0 Å². The number of hydrogen-bond donors (Lipinski definition) is 0. The molecule has 0 heterocycles. The average Bonchev–Trinajstić information content (AvgIpc) is 3.81. The van der Waals surface area contributed by atoms with Crippen molar-refractivity contribution in [2.75, 3.05) is 0 Å². The Hall–Kier alpha value is -4.04. The minimum absolute atomic E-state index is 0.0572. The minimum atomic E-state index is -4.99. The van der Waals surface area contributed by atoms with Crippen LogP contribution < -0.4 is 0 Å². The Bertz CT molecular complexity index is 2940. The summed E-state index contributed by atoms with van der Waals surface area (Å²) in [6.45, 7) is 9.48. The Morgan fingerprint density at radius 3 is 1.21 bits per heavy atom. The van der Waals surface area contributed by atoms with Gasteiger partial charge in [0.25, 0.3) is 0 Å². The monoisotopic (exact) mass is 884 g/mol. The number of hydrogen-bond acceptors (Lipinski definition) is 0. The predicted molar refractivity (Wildman–Crippen MR) is 254 cm³/mol. The molecule has 0 spiro atoms. The molecular formula is C54H48Cl2SiZr. The van der Waals surface area contributed by atoms with Crippen molar-refractivity contribution in [3.63, 3.8) is 0 Å². The predicted octanol–water partition coefficient (Wildman–Crippen LogP) is 17.1. The van der Waals surface area contributed by atoms with Gasteiger partial charge in [-0.25, -0.2) is 0 Å². The first-order chi connectivity index (χ1) is 28.2. The first kappa shape index (κ1) is 38.2. The van der Waals surface area contributed by atoms with Gasteiger partial charge in [0.1, 0.15) is 0 Å². The third-order valence-electron chi connectivity index (χ3n) is 13.4. The second kappa shape index (κ2) is 14.6. The number of benzene rings is 8. The van der Waals surface area contributed by atoms with Crippen LogP contribution >= 0.6 is 17.0 Å². The molecule has 0 nitrogen and oxygen atoms in total. The van der Waals surface area contributed by atoms with E-state index in [-0.39, 0.29) is 7.25 Å². The molecule has 0 aliphatic heterocycles. The van der Waals surface area contributed by atoms with Gasteiger partial charge in [-0.15, -0.1) is 0 Å². The van der Waals surface area contributed by atoms with Crippen LogP contribution in [-0.4, -0.2) is 5.43 Å². The van der Waals surface area contributed by atoms with Gasteiger partial charge in [-0.1, -0.05) is 0 Å². The third kappa shape index (κ3) is 6.00. The molecule has 0 radical (unpaired) electrons. The van der Waals surface area contributed by atoms with Crippen molar-refractivity contribution in [3.8, 4) is 22.3 Å². The van der Waals surface area contributed by atoms with Crippen LogP contribution in [-0.2, 0) is 15.0 Å². The second-order valence-corrected chi connectivity index (χ2v) is 55.9. The zero-order chi connectivity index (χ0) is 39.8. The van der Waals surface area contributed by atoms with Gasteiger partial charge in [0.2, 0.25) is 0 Å². The van der Waals surface area contributed by atoms with Crippen molar-refractivity contribution in [2.45, 2.75) is 59.9 Å². The van der Waals surface area contributed by atoms with Crippen LogP contribution in [0.25, 0.3) is 77.5 Å². The zero-order valence-electron chi connectivity index (χ0n) is 33.8. The SMILES string of the molecule is CCCC1=Cc2c(-c3ccc4cc5ccccc5cc4c3)cccc2[CH]1[Zr]([Cl])([Cl])([CH]1C(CCC)=Cc2c(-c3ccc4cc5ccccc5cc4c3)cccc21)=[Si](C)C. The van der Waals surface area contributed by atoms with Crippen LogP contribution in [0.15, 0.2) is 157 Å². The number of halogens is 2. The molecule has 0 saturated heterocycles. The summed E-state index contributed by atoms with van der Waals surface area (Å²) in [5.41, 5.74) is 12.1. The fraction of sp³-hybridized carbons (Fsp3) is 0.185. The van der Waals surface area contributed by atoms with E-state index in [1.807, 2.05) is 0 Å². The van der Waals surface area contributed by atoms with Crippen molar-refractivity contribution in [2.24, 2.45) is 0 Å². The molecule has 286 valence electrons. The Morgan fingerprint density at radius 1 is 0.448 bits per heavy atom. The van der Waals surface area contributed by atoms with Gasteiger partial charge in [-0.3, -0.25) is 0 Å². The van der Waals surface area contributed by atoms with Gasteiger partial charge in [0, 0.05) is 0 Å². The van der Waals surface area contributed by atoms with Crippen molar-refractivity contribution >= 4 is 77.7 Å². The van der Waals surface area contributed by atoms with Crippen molar-refractivity contribution in [1.82, 2.24) is 0 Å². The Balaban J connectivity index is 1.14. The molecule has 2 atom stereocenters. The van der Waals surface area contributed by atoms with Gasteiger partial charge in [0.05, 0.1) is 0 Å². The zero-order valence-corrected chi connectivity index (χ0v) is 38.7. The Kier molecular flexibility index (Phi) is 9.61. The van der Waals surface area contributed by atoms with Crippen molar-refractivity contribution in [3.05, 3.63) is 179 Å². The van der Waals surface area contributed by atoms with Gasteiger partial charge in [0.15, 0.2) is 0 Å². The molecule has 0 saturated carbocycles. The summed E-state index contributed by atoms with van der Waals surface area (Å²) in [6.07, 6.45) is 9.15. The summed E-state index contributed by atoms with van der Waals surface area (Å²) >= 11 is -4.99. The molecule has 8 aromatic rings. The van der Waals surface area contributed by atoms with Crippen molar-refractivity contribution < 1.29 is 15.0 Å². The molecule has 2 unspecified atom stereocenters. The van der Waals surface area contributed by atoms with Gasteiger partial charge in [-0.05, 0) is 0 Å². The Morgan fingerprint density at radius 2 is 0.828 bits per heavy atom. The molecular weight excluding hydrogens is 839 g/mol. The first-order valence-corrected chi connectivity index (χ1v) is 36.4. The van der Waals surface area contributed by atoms with Crippen LogP contribution in [0.2, 0.25) is 13.1 Å². The van der Waals surface area contributed by atoms with Crippen LogP contribution in [0.5, 0.6) is 0 Å². The average molecular weight is 887 g/mol. The van der Waals surface area contributed by atoms with Gasteiger partial charge >= 0.3 is 354 Å². The molecule has 2 aliphatic rings. The maximum atomic E-state index is 8.86. The fourth-order valence-corrected chi connectivity index (χ4v) is 39.8. The molecule has 8 aromatic carbocycles. The van der Waals surface area contributed by atoms with E-state index in [1.54, 1.807) is 0 Å². The van der Waals surface area contributed by atoms with Crippen LogP contribution in [0.1, 0.15) is 69.0 Å². The van der Waals surface area contributed by atoms with E-state index >= 15 is 0 Å². The second-order valence-electron chi connectivity index (χ2n) is 17.1. The van der Waals surface area contributed by atoms with Gasteiger partial charge < -0.3 is 0 Å². The summed E-state index contributed by atoms with van der Waals surface area (Å²) < 4.78 is 0.114. The number of rotatable bonds is 8. The van der Waals surface area contributed by atoms with E-state index in [9.17, 15) is 0 Å². The topological polar surface area (TPSA) is 0 Å². The Labute approximate surface area is 351 Å². The third-order valence-corrected chi connectivity index (χ3v) is 60.0. The van der Waals surface area contributed by atoms with E-state index in [0.29, 0.717) is 0 Å². The standard InChI is InChI=1S/2C26H21.C2H6Si.2ClH.Zr/c2*1-2-6-18-13-22-9-5-10-25(26(22)14-18)23-12-11-21-15-19-7-3-4-8-20(19)16-24(21)17-23;1-3-2;;;/h2*3-5,7-17H,2,6H2,1H3;1-2H3;2*1H;/q;;;;;+2/p-2. The molecule has 0 aromatic heterocycles. The van der Waals surface area contributed by atoms with Gasteiger partial charge in [-0.2, -0.15) is 0 Å². The molecule has 0 fully saturated rings. The fourth-order valence-electron chi connectivity index (χ4n) is 10.7. The quantitative estimate of drug-likeness (QED) is 0.105. The maximum absolute atomic E-state index is 8.86. The molecule has 10 rings (SSSR count). The molecule has 0 N–H and O–H groups in total. The molecule has 4 heteroatoms. The van der Waals surface area contributed by atoms with E-state index in [0.717, 1.165) is 25.7 Å². The van der Waals surface area contributed by atoms with Crippen molar-refractivity contribution in [1.29, 1.82) is 0 Å².